The second-order valence-corrected chi connectivity index (χ2v) is 6.45. The molecule has 0 spiro atoms. The van der Waals surface area contributed by atoms with E-state index in [1.54, 1.807) is 4.90 Å². The highest BCUT2D eigenvalue weighted by Gasteiger charge is 2.22. The average molecular weight is 327 g/mol. The summed E-state index contributed by atoms with van der Waals surface area (Å²) >= 11 is 0. The summed E-state index contributed by atoms with van der Waals surface area (Å²) in [5, 5.41) is 11.6. The largest absolute Gasteiger partial charge is 0.356 e. The van der Waals surface area contributed by atoms with E-state index in [0.29, 0.717) is 32.0 Å². The predicted octanol–water partition coefficient (Wildman–Crippen LogP) is 2.20. The van der Waals surface area contributed by atoms with E-state index >= 15 is 0 Å². The Hall–Kier alpha value is -2.35. The first-order chi connectivity index (χ1) is 11.6. The topological polar surface area (TPSA) is 73.2 Å². The molecule has 5 nitrogen and oxygen atoms in total. The standard InChI is InChI=1S/C19H25N3O2/c1-15-3-2-4-16(13-15)5-6-18(23)21-14-17-8-11-22(12-9-17)19(24)7-10-20/h2-4,13,17H,5-9,11-12,14H2,1H3,(H,21,23). The van der Waals surface area contributed by atoms with E-state index in [2.05, 4.69) is 24.4 Å². The quantitative estimate of drug-likeness (QED) is 0.870. The van der Waals surface area contributed by atoms with E-state index in [-0.39, 0.29) is 18.2 Å². The van der Waals surface area contributed by atoms with E-state index in [1.165, 1.54) is 11.1 Å². The summed E-state index contributed by atoms with van der Waals surface area (Å²) in [5.74, 6) is 0.414. The molecule has 0 radical (unpaired) electrons. The van der Waals surface area contributed by atoms with Crippen LogP contribution in [0.3, 0.4) is 0 Å². The summed E-state index contributed by atoms with van der Waals surface area (Å²) in [7, 11) is 0. The number of amides is 2. The Kier molecular flexibility index (Phi) is 6.80. The van der Waals surface area contributed by atoms with Crippen molar-refractivity contribution in [2.24, 2.45) is 5.92 Å². The third-order valence-electron chi connectivity index (χ3n) is 4.51. The molecule has 0 saturated carbocycles. The van der Waals surface area contributed by atoms with Gasteiger partial charge in [-0.15, -0.1) is 0 Å². The molecular formula is C19H25N3O2. The molecule has 128 valence electrons. The molecule has 1 aliphatic heterocycles. The van der Waals surface area contributed by atoms with Crippen molar-refractivity contribution in [3.63, 3.8) is 0 Å². The second kappa shape index (κ2) is 9.07. The molecule has 1 aliphatic rings. The van der Waals surface area contributed by atoms with Gasteiger partial charge in [-0.2, -0.15) is 5.26 Å². The summed E-state index contributed by atoms with van der Waals surface area (Å²) in [6.45, 7) is 4.10. The average Bonchev–Trinajstić information content (AvgIpc) is 2.59. The van der Waals surface area contributed by atoms with E-state index in [0.717, 1.165) is 19.3 Å². The fourth-order valence-electron chi connectivity index (χ4n) is 3.04. The monoisotopic (exact) mass is 327 g/mol. The molecular weight excluding hydrogens is 302 g/mol. The lowest BCUT2D eigenvalue weighted by molar-refractivity contribution is -0.131. The summed E-state index contributed by atoms with van der Waals surface area (Å²) in [6.07, 6.45) is 2.99. The first-order valence-electron chi connectivity index (χ1n) is 8.55. The Labute approximate surface area is 143 Å². The number of nitrogens with zero attached hydrogens (tertiary/aromatic N) is 2. The van der Waals surface area contributed by atoms with Gasteiger partial charge in [0.25, 0.3) is 0 Å². The fraction of sp³-hybridized carbons (Fsp3) is 0.526. The molecule has 0 aliphatic carbocycles. The molecule has 1 heterocycles. The van der Waals surface area contributed by atoms with Gasteiger partial charge in [-0.3, -0.25) is 9.59 Å². The van der Waals surface area contributed by atoms with Crippen molar-refractivity contribution in [1.82, 2.24) is 10.2 Å². The van der Waals surface area contributed by atoms with Gasteiger partial charge < -0.3 is 10.2 Å². The number of piperidine rings is 1. The van der Waals surface area contributed by atoms with Crippen molar-refractivity contribution < 1.29 is 9.59 Å². The molecule has 1 N–H and O–H groups in total. The number of likely N-dealkylation sites (tertiary alicyclic amines) is 1. The van der Waals surface area contributed by atoms with E-state index in [1.807, 2.05) is 18.2 Å². The Balaban J connectivity index is 1.64. The lowest BCUT2D eigenvalue weighted by atomic mass is 9.96. The molecule has 1 fully saturated rings. The lowest BCUT2D eigenvalue weighted by Crippen LogP contribution is -2.41. The van der Waals surface area contributed by atoms with Crippen molar-refractivity contribution in [2.45, 2.75) is 39.0 Å². The van der Waals surface area contributed by atoms with E-state index in [4.69, 9.17) is 5.26 Å². The van der Waals surface area contributed by atoms with Gasteiger partial charge in [0.1, 0.15) is 6.42 Å². The zero-order chi connectivity index (χ0) is 17.4. The van der Waals surface area contributed by atoms with Gasteiger partial charge in [0.15, 0.2) is 0 Å². The van der Waals surface area contributed by atoms with Crippen LogP contribution in [-0.2, 0) is 16.0 Å². The normalized spacial score (nSPS) is 14.9. The molecule has 0 atom stereocenters. The number of rotatable bonds is 6. The number of carbonyl (C=O) groups is 2. The highest BCUT2D eigenvalue weighted by molar-refractivity contribution is 5.78. The maximum atomic E-state index is 12.0. The highest BCUT2D eigenvalue weighted by atomic mass is 16.2. The van der Waals surface area contributed by atoms with Crippen LogP contribution < -0.4 is 5.32 Å². The zero-order valence-corrected chi connectivity index (χ0v) is 14.3. The molecule has 2 amide bonds. The number of hydrogen-bond acceptors (Lipinski definition) is 3. The fourth-order valence-corrected chi connectivity index (χ4v) is 3.04. The van der Waals surface area contributed by atoms with Crippen LogP contribution in [0.4, 0.5) is 0 Å². The van der Waals surface area contributed by atoms with Gasteiger partial charge >= 0.3 is 0 Å². The molecule has 2 rings (SSSR count). The Bertz CT molecular complexity index is 613. The van der Waals surface area contributed by atoms with Gasteiger partial charge in [0.2, 0.25) is 11.8 Å². The van der Waals surface area contributed by atoms with Crippen molar-refractivity contribution in [1.29, 1.82) is 5.26 Å². The molecule has 0 unspecified atom stereocenters. The number of hydrogen-bond donors (Lipinski definition) is 1. The van der Waals surface area contributed by atoms with Crippen LogP contribution in [0.1, 0.15) is 36.8 Å². The predicted molar refractivity (Wildman–Crippen MR) is 92.0 cm³/mol. The van der Waals surface area contributed by atoms with Crippen molar-refractivity contribution in [2.75, 3.05) is 19.6 Å². The Morgan fingerprint density at radius 2 is 2.08 bits per heavy atom. The molecule has 24 heavy (non-hydrogen) atoms. The van der Waals surface area contributed by atoms with Gasteiger partial charge in [-0.1, -0.05) is 29.8 Å². The smallest absolute Gasteiger partial charge is 0.236 e. The Morgan fingerprint density at radius 1 is 1.33 bits per heavy atom. The molecule has 1 aromatic carbocycles. The summed E-state index contributed by atoms with van der Waals surface area (Å²) < 4.78 is 0. The Morgan fingerprint density at radius 3 is 2.75 bits per heavy atom. The number of aryl methyl sites for hydroxylation is 2. The minimum atomic E-state index is -0.0851. The van der Waals surface area contributed by atoms with E-state index in [9.17, 15) is 9.59 Å². The van der Waals surface area contributed by atoms with Crippen LogP contribution in [0, 0.1) is 24.2 Å². The second-order valence-electron chi connectivity index (χ2n) is 6.45. The molecule has 0 aromatic heterocycles. The third kappa shape index (κ3) is 5.69. The number of nitrogens with one attached hydrogen (secondary N) is 1. The van der Waals surface area contributed by atoms with Crippen LogP contribution in [0.25, 0.3) is 0 Å². The molecule has 1 saturated heterocycles. The van der Waals surface area contributed by atoms with Crippen LogP contribution >= 0.6 is 0 Å². The van der Waals surface area contributed by atoms with Crippen LogP contribution in [-0.4, -0.2) is 36.3 Å². The zero-order valence-electron chi connectivity index (χ0n) is 14.3. The first kappa shape index (κ1) is 18.0. The van der Waals surface area contributed by atoms with Crippen LogP contribution in [0.2, 0.25) is 0 Å². The van der Waals surface area contributed by atoms with Gasteiger partial charge in [-0.25, -0.2) is 0 Å². The van der Waals surface area contributed by atoms with Crippen LogP contribution in [0.5, 0.6) is 0 Å². The van der Waals surface area contributed by atoms with Crippen molar-refractivity contribution in [3.8, 4) is 6.07 Å². The van der Waals surface area contributed by atoms with Crippen molar-refractivity contribution >= 4 is 11.8 Å². The maximum Gasteiger partial charge on any atom is 0.236 e. The van der Waals surface area contributed by atoms with E-state index < -0.39 is 0 Å². The number of nitriles is 1. The number of benzene rings is 1. The summed E-state index contributed by atoms with van der Waals surface area (Å²) in [6, 6.07) is 10.1. The molecule has 1 aromatic rings. The highest BCUT2D eigenvalue weighted by Crippen LogP contribution is 2.17. The summed E-state index contributed by atoms with van der Waals surface area (Å²) in [5.41, 5.74) is 2.40. The summed E-state index contributed by atoms with van der Waals surface area (Å²) in [4.78, 5) is 25.4. The van der Waals surface area contributed by atoms with Crippen LogP contribution in [0.15, 0.2) is 24.3 Å². The van der Waals surface area contributed by atoms with Crippen molar-refractivity contribution in [3.05, 3.63) is 35.4 Å². The van der Waals surface area contributed by atoms with Gasteiger partial charge in [-0.05, 0) is 37.7 Å². The van der Waals surface area contributed by atoms with Gasteiger partial charge in [0.05, 0.1) is 6.07 Å². The lowest BCUT2D eigenvalue weighted by Gasteiger charge is -2.31. The molecule has 0 bridgehead atoms. The maximum absolute atomic E-state index is 12.0. The van der Waals surface area contributed by atoms with Gasteiger partial charge in [0, 0.05) is 26.1 Å². The number of carbonyl (C=O) groups excluding carboxylic acids is 2. The minimum Gasteiger partial charge on any atom is -0.356 e. The molecule has 5 heteroatoms. The first-order valence-corrected chi connectivity index (χ1v) is 8.55. The third-order valence-corrected chi connectivity index (χ3v) is 4.51. The minimum absolute atomic E-state index is 0.0413. The SMILES string of the molecule is Cc1cccc(CCC(=O)NCC2CCN(C(=O)CC#N)CC2)c1.